The van der Waals surface area contributed by atoms with Crippen molar-refractivity contribution in [2.45, 2.75) is 32.2 Å². The molecule has 0 aliphatic carbocycles. The van der Waals surface area contributed by atoms with Crippen LogP contribution < -0.4 is 0 Å². The van der Waals surface area contributed by atoms with E-state index in [2.05, 4.69) is 15.0 Å². The Balaban J connectivity index is 1.51. The van der Waals surface area contributed by atoms with E-state index in [-0.39, 0.29) is 11.9 Å². The van der Waals surface area contributed by atoms with Gasteiger partial charge in [-0.05, 0) is 37.5 Å². The summed E-state index contributed by atoms with van der Waals surface area (Å²) in [6.45, 7) is 2.50. The van der Waals surface area contributed by atoms with Gasteiger partial charge >= 0.3 is 0 Å². The maximum atomic E-state index is 12.8. The SMILES string of the molecule is Cc1cnc(C(=O)N2CCC[C@@H]2c2ncc(Cc3cccc(Cl)c3)o2)cn1. The van der Waals surface area contributed by atoms with Crippen molar-refractivity contribution in [2.75, 3.05) is 6.54 Å². The molecule has 138 valence electrons. The lowest BCUT2D eigenvalue weighted by atomic mass is 10.1. The standard InChI is InChI=1S/C20H19ClN4O2/c1-13-10-23-17(12-22-13)20(26)25-7-3-6-18(25)19-24-11-16(27-19)9-14-4-2-5-15(21)8-14/h2,4-5,8,10-12,18H,3,6-7,9H2,1H3/t18-/m1/s1. The molecule has 1 atom stereocenters. The average molecular weight is 383 g/mol. The first-order chi connectivity index (χ1) is 13.1. The van der Waals surface area contributed by atoms with E-state index < -0.39 is 0 Å². The molecule has 27 heavy (non-hydrogen) atoms. The van der Waals surface area contributed by atoms with E-state index in [4.69, 9.17) is 16.0 Å². The van der Waals surface area contributed by atoms with Crippen LogP contribution in [-0.4, -0.2) is 32.3 Å². The van der Waals surface area contributed by atoms with Gasteiger partial charge in [-0.2, -0.15) is 0 Å². The van der Waals surface area contributed by atoms with Crippen molar-refractivity contribution in [1.29, 1.82) is 0 Å². The second kappa shape index (κ2) is 7.48. The normalized spacial score (nSPS) is 16.7. The summed E-state index contributed by atoms with van der Waals surface area (Å²) in [5.41, 5.74) is 2.18. The van der Waals surface area contributed by atoms with Gasteiger partial charge in [-0.1, -0.05) is 23.7 Å². The van der Waals surface area contributed by atoms with Crippen LogP contribution in [0.1, 0.15) is 52.3 Å². The predicted octanol–water partition coefficient (Wildman–Crippen LogP) is 3.99. The molecule has 1 amide bonds. The Morgan fingerprint density at radius 2 is 2.15 bits per heavy atom. The average Bonchev–Trinajstić information content (AvgIpc) is 3.31. The van der Waals surface area contributed by atoms with Crippen LogP contribution >= 0.6 is 11.6 Å². The fraction of sp³-hybridized carbons (Fsp3) is 0.300. The third kappa shape index (κ3) is 3.85. The van der Waals surface area contributed by atoms with E-state index in [9.17, 15) is 4.79 Å². The van der Waals surface area contributed by atoms with Gasteiger partial charge in [0.15, 0.2) is 0 Å². The molecular weight excluding hydrogens is 364 g/mol. The van der Waals surface area contributed by atoms with Gasteiger partial charge in [0, 0.05) is 24.2 Å². The molecule has 7 heteroatoms. The maximum absolute atomic E-state index is 12.8. The Labute approximate surface area is 162 Å². The molecule has 1 aliphatic rings. The summed E-state index contributed by atoms with van der Waals surface area (Å²) in [5, 5.41) is 0.694. The number of carbonyl (C=O) groups is 1. The van der Waals surface area contributed by atoms with Crippen LogP contribution in [-0.2, 0) is 6.42 Å². The number of benzene rings is 1. The van der Waals surface area contributed by atoms with Gasteiger partial charge in [0.2, 0.25) is 5.89 Å². The van der Waals surface area contributed by atoms with Crippen LogP contribution in [0.15, 0.2) is 47.3 Å². The number of likely N-dealkylation sites (tertiary alicyclic amines) is 1. The Bertz CT molecular complexity index is 955. The molecule has 1 saturated heterocycles. The molecule has 0 bridgehead atoms. The second-order valence-corrected chi connectivity index (χ2v) is 7.11. The molecule has 6 nitrogen and oxygen atoms in total. The van der Waals surface area contributed by atoms with Crippen LogP contribution in [0, 0.1) is 6.92 Å². The topological polar surface area (TPSA) is 72.1 Å². The summed E-state index contributed by atoms with van der Waals surface area (Å²) in [6, 6.07) is 7.48. The number of amides is 1. The van der Waals surface area contributed by atoms with Crippen LogP contribution in [0.5, 0.6) is 0 Å². The van der Waals surface area contributed by atoms with Gasteiger partial charge in [0.1, 0.15) is 17.5 Å². The lowest BCUT2D eigenvalue weighted by Gasteiger charge is -2.21. The fourth-order valence-electron chi connectivity index (χ4n) is 3.32. The summed E-state index contributed by atoms with van der Waals surface area (Å²) in [4.78, 5) is 27.4. The van der Waals surface area contributed by atoms with Crippen molar-refractivity contribution in [1.82, 2.24) is 19.9 Å². The minimum atomic E-state index is -0.172. The van der Waals surface area contributed by atoms with Gasteiger partial charge in [-0.15, -0.1) is 0 Å². The first-order valence-corrected chi connectivity index (χ1v) is 9.26. The molecule has 0 saturated carbocycles. The third-order valence-electron chi connectivity index (χ3n) is 4.64. The van der Waals surface area contributed by atoms with Crippen molar-refractivity contribution < 1.29 is 9.21 Å². The fourth-order valence-corrected chi connectivity index (χ4v) is 3.54. The molecule has 3 heterocycles. The van der Waals surface area contributed by atoms with Crippen molar-refractivity contribution >= 4 is 17.5 Å². The van der Waals surface area contributed by atoms with Gasteiger partial charge in [-0.25, -0.2) is 9.97 Å². The smallest absolute Gasteiger partial charge is 0.274 e. The number of carbonyl (C=O) groups excluding carboxylic acids is 1. The van der Waals surface area contributed by atoms with E-state index >= 15 is 0 Å². The molecule has 1 fully saturated rings. The molecule has 3 aromatic rings. The van der Waals surface area contributed by atoms with Gasteiger partial charge in [0.25, 0.3) is 5.91 Å². The third-order valence-corrected chi connectivity index (χ3v) is 4.87. The van der Waals surface area contributed by atoms with E-state index in [1.54, 1.807) is 17.3 Å². The quantitative estimate of drug-likeness (QED) is 0.682. The van der Waals surface area contributed by atoms with Crippen molar-refractivity contribution in [3.63, 3.8) is 0 Å². The highest BCUT2D eigenvalue weighted by molar-refractivity contribution is 6.30. The van der Waals surface area contributed by atoms with E-state index in [0.29, 0.717) is 29.6 Å². The van der Waals surface area contributed by atoms with E-state index in [1.807, 2.05) is 31.2 Å². The summed E-state index contributed by atoms with van der Waals surface area (Å²) in [6.07, 6.45) is 7.18. The number of nitrogens with zero attached hydrogens (tertiary/aromatic N) is 4. The molecular formula is C20H19ClN4O2. The zero-order valence-electron chi connectivity index (χ0n) is 14.9. The summed E-state index contributed by atoms with van der Waals surface area (Å²) >= 11 is 6.04. The molecule has 4 rings (SSSR count). The number of aryl methyl sites for hydroxylation is 1. The summed E-state index contributed by atoms with van der Waals surface area (Å²) in [5.74, 6) is 1.18. The van der Waals surface area contributed by atoms with Crippen LogP contribution in [0.4, 0.5) is 0 Å². The number of rotatable bonds is 4. The van der Waals surface area contributed by atoms with Crippen molar-refractivity contribution in [3.8, 4) is 0 Å². The maximum Gasteiger partial charge on any atom is 0.274 e. The van der Waals surface area contributed by atoms with E-state index in [1.165, 1.54) is 6.20 Å². The van der Waals surface area contributed by atoms with Crippen LogP contribution in [0.2, 0.25) is 5.02 Å². The second-order valence-electron chi connectivity index (χ2n) is 6.67. The minimum absolute atomic E-state index is 0.139. The molecule has 0 unspecified atom stereocenters. The number of oxazole rings is 1. The number of aromatic nitrogens is 3. The number of halogens is 1. The first kappa shape index (κ1) is 17.7. The molecule has 0 N–H and O–H groups in total. The van der Waals surface area contributed by atoms with Crippen LogP contribution in [0.25, 0.3) is 0 Å². The van der Waals surface area contributed by atoms with Crippen molar-refractivity contribution in [2.24, 2.45) is 0 Å². The Morgan fingerprint density at radius 1 is 1.26 bits per heavy atom. The Kier molecular flexibility index (Phi) is 4.90. The van der Waals surface area contributed by atoms with Gasteiger partial charge < -0.3 is 9.32 Å². The molecule has 1 aliphatic heterocycles. The highest BCUT2D eigenvalue weighted by atomic mass is 35.5. The predicted molar refractivity (Wildman–Crippen MR) is 101 cm³/mol. The highest BCUT2D eigenvalue weighted by Gasteiger charge is 2.34. The number of hydrogen-bond donors (Lipinski definition) is 0. The lowest BCUT2D eigenvalue weighted by molar-refractivity contribution is 0.0708. The molecule has 0 radical (unpaired) electrons. The zero-order valence-corrected chi connectivity index (χ0v) is 15.7. The lowest BCUT2D eigenvalue weighted by Crippen LogP contribution is -2.31. The summed E-state index contributed by atoms with van der Waals surface area (Å²) < 4.78 is 5.96. The summed E-state index contributed by atoms with van der Waals surface area (Å²) in [7, 11) is 0. The zero-order chi connectivity index (χ0) is 18.8. The van der Waals surface area contributed by atoms with Gasteiger partial charge in [0.05, 0.1) is 18.1 Å². The monoisotopic (exact) mass is 382 g/mol. The van der Waals surface area contributed by atoms with Gasteiger partial charge in [-0.3, -0.25) is 9.78 Å². The Morgan fingerprint density at radius 3 is 2.93 bits per heavy atom. The molecule has 2 aromatic heterocycles. The molecule has 1 aromatic carbocycles. The van der Waals surface area contributed by atoms with Crippen LogP contribution in [0.3, 0.4) is 0 Å². The Hall–Kier alpha value is -2.73. The largest absolute Gasteiger partial charge is 0.443 e. The molecule has 0 spiro atoms. The first-order valence-electron chi connectivity index (χ1n) is 8.89. The highest BCUT2D eigenvalue weighted by Crippen LogP contribution is 2.33. The van der Waals surface area contributed by atoms with Crippen molar-refractivity contribution in [3.05, 3.63) is 76.5 Å². The minimum Gasteiger partial charge on any atom is -0.443 e. The van der Waals surface area contributed by atoms with E-state index in [0.717, 1.165) is 29.9 Å². The number of hydrogen-bond acceptors (Lipinski definition) is 5.